The molecule has 28 heavy (non-hydrogen) atoms. The molecule has 0 saturated carbocycles. The largest absolute Gasteiger partial charge is 0.486 e. The molecule has 1 aliphatic rings. The summed E-state index contributed by atoms with van der Waals surface area (Å²) in [4.78, 5) is 17.2. The number of ether oxygens (including phenoxy) is 3. The highest BCUT2D eigenvalue weighted by atomic mass is 32.1. The van der Waals surface area contributed by atoms with Crippen molar-refractivity contribution in [3.8, 4) is 17.2 Å². The maximum absolute atomic E-state index is 12.4. The van der Waals surface area contributed by atoms with E-state index < -0.39 is 0 Å². The number of amides is 1. The fourth-order valence-electron chi connectivity index (χ4n) is 2.99. The van der Waals surface area contributed by atoms with Gasteiger partial charge in [-0.25, -0.2) is 0 Å². The molecule has 0 saturated heterocycles. The number of rotatable bonds is 5. The first-order valence-electron chi connectivity index (χ1n) is 8.95. The molecule has 0 N–H and O–H groups in total. The number of carbonyl (C=O) groups is 1. The lowest BCUT2D eigenvalue weighted by atomic mass is 10.2. The minimum absolute atomic E-state index is 0.117. The van der Waals surface area contributed by atoms with Crippen molar-refractivity contribution in [2.24, 2.45) is 4.99 Å². The van der Waals surface area contributed by atoms with Crippen molar-refractivity contribution in [1.82, 2.24) is 4.57 Å². The predicted molar refractivity (Wildman–Crippen MR) is 108 cm³/mol. The van der Waals surface area contributed by atoms with E-state index in [1.165, 1.54) is 11.3 Å². The zero-order valence-corrected chi connectivity index (χ0v) is 16.3. The molecule has 7 heteroatoms. The zero-order valence-electron chi connectivity index (χ0n) is 15.5. The van der Waals surface area contributed by atoms with E-state index in [-0.39, 0.29) is 12.5 Å². The fourth-order valence-corrected chi connectivity index (χ4v) is 4.05. The molecule has 144 valence electrons. The summed E-state index contributed by atoms with van der Waals surface area (Å²) in [5, 5.41) is 0. The van der Waals surface area contributed by atoms with E-state index in [4.69, 9.17) is 14.2 Å². The van der Waals surface area contributed by atoms with Crippen LogP contribution in [0, 0.1) is 6.92 Å². The molecule has 1 aliphatic heterocycles. The topological polar surface area (TPSA) is 62.1 Å². The molecule has 2 heterocycles. The van der Waals surface area contributed by atoms with E-state index >= 15 is 0 Å². The zero-order chi connectivity index (χ0) is 19.5. The van der Waals surface area contributed by atoms with Crippen LogP contribution in [0.25, 0.3) is 10.2 Å². The summed E-state index contributed by atoms with van der Waals surface area (Å²) in [5.41, 5.74) is 2.00. The van der Waals surface area contributed by atoms with Crippen molar-refractivity contribution in [3.63, 3.8) is 0 Å². The van der Waals surface area contributed by atoms with Crippen LogP contribution in [0.1, 0.15) is 5.56 Å². The Hall–Kier alpha value is -3.06. The number of carbonyl (C=O) groups excluding carboxylic acids is 1. The summed E-state index contributed by atoms with van der Waals surface area (Å²) < 4.78 is 19.8. The molecule has 0 radical (unpaired) electrons. The van der Waals surface area contributed by atoms with Gasteiger partial charge >= 0.3 is 0 Å². The van der Waals surface area contributed by atoms with Crippen molar-refractivity contribution < 1.29 is 19.0 Å². The van der Waals surface area contributed by atoms with Gasteiger partial charge in [0.05, 0.1) is 10.2 Å². The second-order valence-electron chi connectivity index (χ2n) is 6.36. The number of hydrogen-bond donors (Lipinski definition) is 0. The first-order valence-corrected chi connectivity index (χ1v) is 9.76. The molecule has 0 aliphatic carbocycles. The number of thiazole rings is 1. The molecule has 1 amide bonds. The Morgan fingerprint density at radius 2 is 2.07 bits per heavy atom. The first kappa shape index (κ1) is 18.3. The summed E-state index contributed by atoms with van der Waals surface area (Å²) in [6.45, 7) is 7.25. The lowest BCUT2D eigenvalue weighted by molar-refractivity contribution is -0.120. The van der Waals surface area contributed by atoms with Crippen molar-refractivity contribution in [2.45, 2.75) is 13.5 Å². The highest BCUT2D eigenvalue weighted by molar-refractivity contribution is 7.16. The molecule has 3 aromatic rings. The monoisotopic (exact) mass is 396 g/mol. The quantitative estimate of drug-likeness (QED) is 0.620. The van der Waals surface area contributed by atoms with E-state index in [0.29, 0.717) is 41.8 Å². The second-order valence-corrected chi connectivity index (χ2v) is 7.37. The Morgan fingerprint density at radius 1 is 1.29 bits per heavy atom. The second kappa shape index (κ2) is 7.90. The molecule has 0 atom stereocenters. The number of aromatic nitrogens is 1. The molecule has 2 aromatic carbocycles. The minimum Gasteiger partial charge on any atom is -0.486 e. The van der Waals surface area contributed by atoms with E-state index in [2.05, 4.69) is 11.6 Å². The lowest BCUT2D eigenvalue weighted by Gasteiger charge is -2.18. The molecular formula is C21H20N2O4S. The number of allylic oxidation sites excluding steroid dienone is 1. The van der Waals surface area contributed by atoms with Gasteiger partial charge in [-0.05, 0) is 24.6 Å². The Balaban J connectivity index is 1.65. The van der Waals surface area contributed by atoms with E-state index in [1.54, 1.807) is 6.08 Å². The number of fused-ring (bicyclic) bond motifs is 2. The van der Waals surface area contributed by atoms with Gasteiger partial charge in [-0.1, -0.05) is 29.5 Å². The van der Waals surface area contributed by atoms with Crippen molar-refractivity contribution in [2.75, 3.05) is 19.8 Å². The van der Waals surface area contributed by atoms with Gasteiger partial charge in [0, 0.05) is 18.7 Å². The molecule has 0 fully saturated rings. The van der Waals surface area contributed by atoms with E-state index in [9.17, 15) is 4.79 Å². The standard InChI is InChI=1S/C21H20N2O4S/c1-3-7-23-16-11-17-18(26-9-8-25-17)12-19(16)28-21(23)22-20(24)13-27-15-6-4-5-14(2)10-15/h3-6,10-12H,1,7-9,13H2,2H3. The third-order valence-corrected chi connectivity index (χ3v) is 5.27. The van der Waals surface area contributed by atoms with Gasteiger partial charge in [0.1, 0.15) is 19.0 Å². The van der Waals surface area contributed by atoms with Crippen LogP contribution < -0.4 is 19.0 Å². The van der Waals surface area contributed by atoms with Gasteiger partial charge in [0.2, 0.25) is 0 Å². The van der Waals surface area contributed by atoms with Crippen molar-refractivity contribution >= 4 is 27.5 Å². The SMILES string of the molecule is C=CCn1c(=NC(=O)COc2cccc(C)c2)sc2cc3c(cc21)OCCO3. The minimum atomic E-state index is -0.344. The van der Waals surface area contributed by atoms with Gasteiger partial charge < -0.3 is 18.8 Å². The summed E-state index contributed by atoms with van der Waals surface area (Å²) in [6, 6.07) is 11.4. The van der Waals surface area contributed by atoms with Crippen LogP contribution in [0.5, 0.6) is 17.2 Å². The number of benzene rings is 2. The average Bonchev–Trinajstić information content (AvgIpc) is 3.01. The van der Waals surface area contributed by atoms with Gasteiger partial charge in [0.25, 0.3) is 5.91 Å². The lowest BCUT2D eigenvalue weighted by Crippen LogP contribution is -2.19. The normalized spacial score (nSPS) is 13.5. The van der Waals surface area contributed by atoms with Gasteiger partial charge in [-0.15, -0.1) is 6.58 Å². The molecule has 6 nitrogen and oxygen atoms in total. The summed E-state index contributed by atoms with van der Waals surface area (Å²) in [6.07, 6.45) is 1.77. The fraction of sp³-hybridized carbons (Fsp3) is 0.238. The third kappa shape index (κ3) is 3.80. The highest BCUT2D eigenvalue weighted by Gasteiger charge is 2.16. The van der Waals surface area contributed by atoms with E-state index in [1.807, 2.05) is 47.9 Å². The summed E-state index contributed by atoms with van der Waals surface area (Å²) in [5.74, 6) is 1.73. The van der Waals surface area contributed by atoms with E-state index in [0.717, 1.165) is 15.8 Å². The molecule has 1 aromatic heterocycles. The van der Waals surface area contributed by atoms with Crippen LogP contribution >= 0.6 is 11.3 Å². The van der Waals surface area contributed by atoms with Crippen LogP contribution in [0.4, 0.5) is 0 Å². The molecular weight excluding hydrogens is 376 g/mol. The third-order valence-electron chi connectivity index (χ3n) is 4.23. The van der Waals surface area contributed by atoms with Crippen LogP contribution in [0.2, 0.25) is 0 Å². The van der Waals surface area contributed by atoms with Crippen LogP contribution in [-0.4, -0.2) is 30.3 Å². The van der Waals surface area contributed by atoms with Gasteiger partial charge in [0.15, 0.2) is 22.9 Å². The highest BCUT2D eigenvalue weighted by Crippen LogP contribution is 2.35. The smallest absolute Gasteiger partial charge is 0.286 e. The predicted octanol–water partition coefficient (Wildman–Crippen LogP) is 3.47. The maximum atomic E-state index is 12.4. The molecule has 0 spiro atoms. The Bertz CT molecular complexity index is 1110. The van der Waals surface area contributed by atoms with Crippen LogP contribution in [-0.2, 0) is 11.3 Å². The Morgan fingerprint density at radius 3 is 2.82 bits per heavy atom. The Labute approximate surface area is 166 Å². The summed E-state index contributed by atoms with van der Waals surface area (Å²) >= 11 is 1.43. The van der Waals surface area contributed by atoms with Crippen molar-refractivity contribution in [3.05, 3.63) is 59.4 Å². The number of hydrogen-bond acceptors (Lipinski definition) is 5. The Kier molecular flexibility index (Phi) is 5.16. The average molecular weight is 396 g/mol. The molecule has 4 rings (SSSR count). The summed E-state index contributed by atoms with van der Waals surface area (Å²) in [7, 11) is 0. The number of aryl methyl sites for hydroxylation is 1. The maximum Gasteiger partial charge on any atom is 0.286 e. The van der Waals surface area contributed by atoms with Crippen LogP contribution in [0.15, 0.2) is 54.0 Å². The van der Waals surface area contributed by atoms with Gasteiger partial charge in [-0.2, -0.15) is 4.99 Å². The molecule has 0 unspecified atom stereocenters. The first-order chi connectivity index (χ1) is 13.6. The molecule has 0 bridgehead atoms. The van der Waals surface area contributed by atoms with Crippen molar-refractivity contribution in [1.29, 1.82) is 0 Å². The number of nitrogens with zero attached hydrogens (tertiary/aromatic N) is 2. The van der Waals surface area contributed by atoms with Gasteiger partial charge in [-0.3, -0.25) is 4.79 Å². The van der Waals surface area contributed by atoms with Crippen LogP contribution in [0.3, 0.4) is 0 Å².